The van der Waals surface area contributed by atoms with Gasteiger partial charge >= 0.3 is 5.97 Å². The van der Waals surface area contributed by atoms with E-state index in [1.54, 1.807) is 28.6 Å². The zero-order chi connectivity index (χ0) is 14.3. The van der Waals surface area contributed by atoms with Crippen molar-refractivity contribution in [3.05, 3.63) is 33.4 Å². The van der Waals surface area contributed by atoms with Gasteiger partial charge in [-0.15, -0.1) is 23.1 Å². The van der Waals surface area contributed by atoms with Crippen molar-refractivity contribution in [1.82, 2.24) is 9.88 Å². The predicted molar refractivity (Wildman–Crippen MR) is 81.5 cm³/mol. The molecule has 0 aromatic carbocycles. The second-order valence-electron chi connectivity index (χ2n) is 4.83. The molecule has 1 fully saturated rings. The molecular weight excluding hydrogens is 294 g/mol. The third kappa shape index (κ3) is 2.25. The molecule has 3 rings (SSSR count). The number of fused-ring (bicyclic) bond motifs is 1. The molecule has 7 heteroatoms. The smallest absolute Gasteiger partial charge is 0.352 e. The van der Waals surface area contributed by atoms with Crippen LogP contribution in [0, 0.1) is 6.92 Å². The maximum absolute atomic E-state index is 11.5. The molecule has 2 aliphatic heterocycles. The normalized spacial score (nSPS) is 25.8. The second kappa shape index (κ2) is 5.23. The Labute approximate surface area is 125 Å². The van der Waals surface area contributed by atoms with Gasteiger partial charge in [0, 0.05) is 17.2 Å². The number of aryl methyl sites for hydroxylation is 1. The lowest BCUT2D eigenvalue weighted by molar-refractivity contribution is -0.135. The molecule has 0 saturated carbocycles. The number of hydrogen-bond donors (Lipinski definition) is 2. The van der Waals surface area contributed by atoms with Crippen molar-refractivity contribution in [2.24, 2.45) is 5.73 Å². The monoisotopic (exact) mass is 309 g/mol. The summed E-state index contributed by atoms with van der Waals surface area (Å²) >= 11 is 3.26. The third-order valence-corrected chi connectivity index (χ3v) is 5.82. The minimum absolute atomic E-state index is 0.0728. The highest BCUT2D eigenvalue weighted by molar-refractivity contribution is 8.00. The van der Waals surface area contributed by atoms with E-state index in [9.17, 15) is 9.90 Å². The number of nitrogens with two attached hydrogens (primary N) is 1. The van der Waals surface area contributed by atoms with Crippen LogP contribution in [0.15, 0.2) is 22.9 Å². The first kappa shape index (κ1) is 13.7. The van der Waals surface area contributed by atoms with Gasteiger partial charge in [0.05, 0.1) is 22.6 Å². The van der Waals surface area contributed by atoms with Crippen molar-refractivity contribution in [3.63, 3.8) is 0 Å². The van der Waals surface area contributed by atoms with Crippen LogP contribution < -0.4 is 5.73 Å². The molecule has 2 unspecified atom stereocenters. The Hall–Kier alpha value is -1.31. The summed E-state index contributed by atoms with van der Waals surface area (Å²) in [5.41, 5.74) is 9.91. The molecule has 0 aliphatic carbocycles. The standard InChI is InChI=1S/C13H15N3O2S2/c1-7-10(20-6-15-7)3-2-8-5-19-12-9(14)4-16(12)11(8)13(17)18/h2-3,6,9,12H,4-5,14H2,1H3,(H,17,18)/b3-2-. The maximum Gasteiger partial charge on any atom is 0.352 e. The second-order valence-corrected chi connectivity index (χ2v) is 6.82. The fraction of sp³-hybridized carbons (Fsp3) is 0.385. The van der Waals surface area contributed by atoms with Crippen LogP contribution in [-0.2, 0) is 4.79 Å². The molecule has 0 amide bonds. The van der Waals surface area contributed by atoms with E-state index in [0.29, 0.717) is 18.0 Å². The zero-order valence-corrected chi connectivity index (χ0v) is 12.6. The number of aromatic nitrogens is 1. The Balaban J connectivity index is 1.90. The summed E-state index contributed by atoms with van der Waals surface area (Å²) in [5, 5.41) is 9.55. The number of allylic oxidation sites excluding steroid dienone is 1. The molecule has 1 saturated heterocycles. The summed E-state index contributed by atoms with van der Waals surface area (Å²) in [5.74, 6) is -0.187. The summed E-state index contributed by atoms with van der Waals surface area (Å²) < 4.78 is 0. The van der Waals surface area contributed by atoms with Gasteiger partial charge in [0.2, 0.25) is 0 Å². The molecule has 5 nitrogen and oxygen atoms in total. The lowest BCUT2D eigenvalue weighted by Crippen LogP contribution is -2.64. The summed E-state index contributed by atoms with van der Waals surface area (Å²) in [6.07, 6.45) is 3.85. The SMILES string of the molecule is Cc1ncsc1/C=C\C1=C(C(=O)O)N2CC(N)C2SC1. The van der Waals surface area contributed by atoms with E-state index in [1.807, 2.05) is 24.0 Å². The van der Waals surface area contributed by atoms with Gasteiger partial charge in [0.15, 0.2) is 0 Å². The summed E-state index contributed by atoms with van der Waals surface area (Å²) in [7, 11) is 0. The van der Waals surface area contributed by atoms with Gasteiger partial charge in [0.25, 0.3) is 0 Å². The van der Waals surface area contributed by atoms with E-state index in [-0.39, 0.29) is 11.4 Å². The van der Waals surface area contributed by atoms with Crippen LogP contribution in [0.4, 0.5) is 0 Å². The molecule has 2 aliphatic rings. The van der Waals surface area contributed by atoms with Gasteiger partial charge in [-0.2, -0.15) is 0 Å². The van der Waals surface area contributed by atoms with E-state index in [1.165, 1.54) is 0 Å². The van der Waals surface area contributed by atoms with Gasteiger partial charge in [-0.1, -0.05) is 6.08 Å². The van der Waals surface area contributed by atoms with Crippen molar-refractivity contribution in [2.45, 2.75) is 18.3 Å². The van der Waals surface area contributed by atoms with Crippen LogP contribution >= 0.6 is 23.1 Å². The highest BCUT2D eigenvalue weighted by Gasteiger charge is 2.43. The predicted octanol–water partition coefficient (Wildman–Crippen LogP) is 1.52. The number of thiazole rings is 1. The number of carboxylic acids is 1. The van der Waals surface area contributed by atoms with E-state index in [4.69, 9.17) is 5.73 Å². The lowest BCUT2D eigenvalue weighted by atomic mass is 10.0. The Morgan fingerprint density at radius 3 is 3.00 bits per heavy atom. The van der Waals surface area contributed by atoms with Crippen molar-refractivity contribution in [1.29, 1.82) is 0 Å². The van der Waals surface area contributed by atoms with Gasteiger partial charge < -0.3 is 15.7 Å². The van der Waals surface area contributed by atoms with Crippen molar-refractivity contribution >= 4 is 35.1 Å². The number of nitrogens with zero attached hydrogens (tertiary/aromatic N) is 2. The highest BCUT2D eigenvalue weighted by atomic mass is 32.2. The lowest BCUT2D eigenvalue weighted by Gasteiger charge is -2.50. The molecule has 0 bridgehead atoms. The van der Waals surface area contributed by atoms with Gasteiger partial charge in [-0.25, -0.2) is 9.78 Å². The average molecular weight is 309 g/mol. The fourth-order valence-corrected chi connectivity index (χ4v) is 4.39. The number of hydrogen-bond acceptors (Lipinski definition) is 6. The first-order chi connectivity index (χ1) is 9.58. The first-order valence-electron chi connectivity index (χ1n) is 6.26. The molecule has 2 atom stereocenters. The number of carbonyl (C=O) groups is 1. The molecule has 3 N–H and O–H groups in total. The number of thioether (sulfide) groups is 1. The molecule has 1 aromatic rings. The third-order valence-electron chi connectivity index (χ3n) is 3.50. The minimum atomic E-state index is -0.872. The Morgan fingerprint density at radius 2 is 2.40 bits per heavy atom. The van der Waals surface area contributed by atoms with Crippen molar-refractivity contribution < 1.29 is 9.90 Å². The largest absolute Gasteiger partial charge is 0.477 e. The molecular formula is C13H15N3O2S2. The van der Waals surface area contributed by atoms with Crippen LogP contribution in [-0.4, -0.2) is 44.7 Å². The van der Waals surface area contributed by atoms with Crippen molar-refractivity contribution in [3.8, 4) is 0 Å². The van der Waals surface area contributed by atoms with E-state index in [0.717, 1.165) is 16.1 Å². The van der Waals surface area contributed by atoms with Crippen LogP contribution in [0.25, 0.3) is 6.08 Å². The maximum atomic E-state index is 11.5. The van der Waals surface area contributed by atoms with Crippen LogP contribution in [0.3, 0.4) is 0 Å². The molecule has 1 aromatic heterocycles. The quantitative estimate of drug-likeness (QED) is 0.881. The van der Waals surface area contributed by atoms with Gasteiger partial charge in [0.1, 0.15) is 5.70 Å². The molecule has 20 heavy (non-hydrogen) atoms. The summed E-state index contributed by atoms with van der Waals surface area (Å²) in [4.78, 5) is 18.6. The van der Waals surface area contributed by atoms with E-state index < -0.39 is 5.97 Å². The summed E-state index contributed by atoms with van der Waals surface area (Å²) in [6, 6.07) is 0.0728. The van der Waals surface area contributed by atoms with Crippen LogP contribution in [0.1, 0.15) is 10.6 Å². The van der Waals surface area contributed by atoms with Gasteiger partial charge in [-0.05, 0) is 18.6 Å². The Morgan fingerprint density at radius 1 is 1.60 bits per heavy atom. The van der Waals surface area contributed by atoms with E-state index >= 15 is 0 Å². The molecule has 0 spiro atoms. The van der Waals surface area contributed by atoms with Crippen molar-refractivity contribution in [2.75, 3.05) is 12.3 Å². The van der Waals surface area contributed by atoms with Crippen LogP contribution in [0.5, 0.6) is 0 Å². The highest BCUT2D eigenvalue weighted by Crippen LogP contribution is 2.39. The number of rotatable bonds is 3. The Kier molecular flexibility index (Phi) is 3.57. The zero-order valence-electron chi connectivity index (χ0n) is 10.9. The Bertz CT molecular complexity index is 609. The number of carboxylic acid groups (broad SMARTS) is 1. The first-order valence-corrected chi connectivity index (χ1v) is 8.19. The molecule has 0 radical (unpaired) electrons. The van der Waals surface area contributed by atoms with Crippen LogP contribution in [0.2, 0.25) is 0 Å². The fourth-order valence-electron chi connectivity index (χ4n) is 2.41. The van der Waals surface area contributed by atoms with E-state index in [2.05, 4.69) is 4.98 Å². The minimum Gasteiger partial charge on any atom is -0.477 e. The molecule has 106 valence electrons. The van der Waals surface area contributed by atoms with Gasteiger partial charge in [-0.3, -0.25) is 0 Å². The molecule has 3 heterocycles. The summed E-state index contributed by atoms with van der Waals surface area (Å²) in [6.45, 7) is 2.57. The average Bonchev–Trinajstić information content (AvgIpc) is 2.80. The number of aliphatic carboxylic acids is 1. The topological polar surface area (TPSA) is 79.5 Å².